The summed E-state index contributed by atoms with van der Waals surface area (Å²) in [5.74, 6) is 0.441. The van der Waals surface area contributed by atoms with Crippen molar-refractivity contribution in [3.63, 3.8) is 0 Å². The topological polar surface area (TPSA) is 76.7 Å². The number of nitrogens with one attached hydrogen (secondary N) is 1. The van der Waals surface area contributed by atoms with E-state index in [0.29, 0.717) is 22.3 Å². The number of benzene rings is 2. The number of unbranched alkanes of at least 4 members (excludes halogenated alkanes) is 1. The van der Waals surface area contributed by atoms with Crippen LogP contribution in [0, 0.1) is 0 Å². The second-order valence-electron chi connectivity index (χ2n) is 5.32. The maximum atomic E-state index is 12.2. The summed E-state index contributed by atoms with van der Waals surface area (Å²) in [6.45, 7) is 2.83. The summed E-state index contributed by atoms with van der Waals surface area (Å²) < 4.78 is 7.00. The molecule has 0 saturated heterocycles. The van der Waals surface area contributed by atoms with Crippen LogP contribution in [0.15, 0.2) is 50.4 Å². The largest absolute Gasteiger partial charge is 0.494 e. The van der Waals surface area contributed by atoms with Crippen molar-refractivity contribution >= 4 is 49.7 Å². The monoisotopic (exact) mass is 467 g/mol. The number of rotatable bonds is 7. The molecule has 3 N–H and O–H groups in total. The molecule has 1 amide bonds. The summed E-state index contributed by atoms with van der Waals surface area (Å²) in [5.41, 5.74) is 9.95. The number of hydrazone groups is 1. The molecule has 0 saturated carbocycles. The van der Waals surface area contributed by atoms with Crippen molar-refractivity contribution < 1.29 is 9.53 Å². The smallest absolute Gasteiger partial charge is 0.273 e. The lowest BCUT2D eigenvalue weighted by Crippen LogP contribution is -2.19. The number of nitrogen functional groups attached to an aromatic ring is 1. The van der Waals surface area contributed by atoms with Crippen LogP contribution >= 0.6 is 31.9 Å². The molecule has 0 spiro atoms. The summed E-state index contributed by atoms with van der Waals surface area (Å²) in [7, 11) is 0. The second-order valence-corrected chi connectivity index (χ2v) is 7.09. The molecule has 2 rings (SSSR count). The molecule has 5 nitrogen and oxygen atoms in total. The Kier molecular flexibility index (Phi) is 7.46. The Bertz CT molecular complexity index is 762. The molecule has 25 heavy (non-hydrogen) atoms. The van der Waals surface area contributed by atoms with E-state index in [-0.39, 0.29) is 5.91 Å². The molecule has 2 aromatic carbocycles. The van der Waals surface area contributed by atoms with Crippen molar-refractivity contribution in [1.82, 2.24) is 5.43 Å². The number of halogens is 2. The van der Waals surface area contributed by atoms with Gasteiger partial charge in [0.05, 0.1) is 24.1 Å². The minimum absolute atomic E-state index is 0.345. The number of anilines is 1. The van der Waals surface area contributed by atoms with Gasteiger partial charge in [-0.05, 0) is 64.3 Å². The highest BCUT2D eigenvalue weighted by Gasteiger charge is 2.12. The molecule has 0 bridgehead atoms. The lowest BCUT2D eigenvalue weighted by Gasteiger charge is -2.07. The van der Waals surface area contributed by atoms with E-state index in [1.807, 2.05) is 24.3 Å². The number of carbonyl (C=O) groups excluding carboxylic acids is 1. The van der Waals surface area contributed by atoms with Crippen LogP contribution in [-0.2, 0) is 0 Å². The number of hydrogen-bond acceptors (Lipinski definition) is 4. The van der Waals surface area contributed by atoms with E-state index in [2.05, 4.69) is 49.3 Å². The summed E-state index contributed by atoms with van der Waals surface area (Å²) in [4.78, 5) is 12.2. The summed E-state index contributed by atoms with van der Waals surface area (Å²) in [6, 6.07) is 10.9. The third-order valence-electron chi connectivity index (χ3n) is 3.37. The van der Waals surface area contributed by atoms with Gasteiger partial charge in [0.15, 0.2) is 0 Å². The average molecular weight is 469 g/mol. The van der Waals surface area contributed by atoms with Crippen molar-refractivity contribution in [3.8, 4) is 5.75 Å². The highest BCUT2D eigenvalue weighted by atomic mass is 79.9. The standard InChI is InChI=1S/C18H19Br2N3O2/c1-2-3-8-25-14-6-4-12(5-7-14)11-22-23-18(24)15-9-13(19)10-16(20)17(15)21/h4-7,9-11H,2-3,8,21H2,1H3,(H,23,24)/b22-11-. The van der Waals surface area contributed by atoms with E-state index in [1.165, 1.54) is 0 Å². The van der Waals surface area contributed by atoms with Gasteiger partial charge in [0.1, 0.15) is 5.75 Å². The van der Waals surface area contributed by atoms with Crippen LogP contribution in [0.1, 0.15) is 35.7 Å². The van der Waals surface area contributed by atoms with E-state index in [9.17, 15) is 4.79 Å². The Labute approximate surface area is 163 Å². The van der Waals surface area contributed by atoms with Gasteiger partial charge < -0.3 is 10.5 Å². The van der Waals surface area contributed by atoms with Gasteiger partial charge in [-0.2, -0.15) is 5.10 Å². The van der Waals surface area contributed by atoms with Crippen molar-refractivity contribution in [2.24, 2.45) is 5.10 Å². The van der Waals surface area contributed by atoms with Crippen molar-refractivity contribution in [1.29, 1.82) is 0 Å². The predicted molar refractivity (Wildman–Crippen MR) is 108 cm³/mol. The van der Waals surface area contributed by atoms with Crippen LogP contribution in [0.5, 0.6) is 5.75 Å². The van der Waals surface area contributed by atoms with Crippen LogP contribution in [-0.4, -0.2) is 18.7 Å². The number of carbonyl (C=O) groups is 1. The summed E-state index contributed by atoms with van der Waals surface area (Å²) in [6.07, 6.45) is 3.70. The molecule has 0 aliphatic heterocycles. The lowest BCUT2D eigenvalue weighted by molar-refractivity contribution is 0.0956. The third-order valence-corrected chi connectivity index (χ3v) is 4.48. The van der Waals surface area contributed by atoms with Gasteiger partial charge in [-0.15, -0.1) is 0 Å². The van der Waals surface area contributed by atoms with Crippen molar-refractivity contribution in [2.45, 2.75) is 19.8 Å². The SMILES string of the molecule is CCCCOc1ccc(/C=N\NC(=O)c2cc(Br)cc(Br)c2N)cc1. The number of ether oxygens (including phenoxy) is 1. The average Bonchev–Trinajstić information content (AvgIpc) is 2.59. The molecule has 0 unspecified atom stereocenters. The minimum Gasteiger partial charge on any atom is -0.494 e. The van der Waals surface area contributed by atoms with Crippen molar-refractivity contribution in [3.05, 3.63) is 56.5 Å². The van der Waals surface area contributed by atoms with E-state index in [4.69, 9.17) is 10.5 Å². The molecule has 0 fully saturated rings. The number of nitrogens with two attached hydrogens (primary N) is 1. The van der Waals surface area contributed by atoms with E-state index in [1.54, 1.807) is 18.3 Å². The molecule has 0 aliphatic carbocycles. The molecular weight excluding hydrogens is 450 g/mol. The molecular formula is C18H19Br2N3O2. The van der Waals surface area contributed by atoms with Gasteiger partial charge in [0.2, 0.25) is 0 Å². The molecule has 7 heteroatoms. The fraction of sp³-hybridized carbons (Fsp3) is 0.222. The van der Waals surface area contributed by atoms with Gasteiger partial charge in [0.25, 0.3) is 5.91 Å². The van der Waals surface area contributed by atoms with Gasteiger partial charge in [0, 0.05) is 8.95 Å². The van der Waals surface area contributed by atoms with Gasteiger partial charge in [-0.3, -0.25) is 4.79 Å². The van der Waals surface area contributed by atoms with Crippen LogP contribution in [0.3, 0.4) is 0 Å². The number of hydrogen-bond donors (Lipinski definition) is 2. The fourth-order valence-electron chi connectivity index (χ4n) is 1.98. The highest BCUT2D eigenvalue weighted by Crippen LogP contribution is 2.28. The zero-order valence-corrected chi connectivity index (χ0v) is 16.9. The molecule has 0 radical (unpaired) electrons. The van der Waals surface area contributed by atoms with Gasteiger partial charge >= 0.3 is 0 Å². The molecule has 0 atom stereocenters. The second kappa shape index (κ2) is 9.58. The zero-order valence-electron chi connectivity index (χ0n) is 13.8. The van der Waals surface area contributed by atoms with Crippen LogP contribution in [0.25, 0.3) is 0 Å². The van der Waals surface area contributed by atoms with Crippen LogP contribution in [0.2, 0.25) is 0 Å². The fourth-order valence-corrected chi connectivity index (χ4v) is 3.21. The Morgan fingerprint density at radius 2 is 2.00 bits per heavy atom. The lowest BCUT2D eigenvalue weighted by atomic mass is 10.2. The van der Waals surface area contributed by atoms with Crippen molar-refractivity contribution in [2.75, 3.05) is 12.3 Å². The van der Waals surface area contributed by atoms with E-state index < -0.39 is 0 Å². The molecule has 0 aromatic heterocycles. The normalized spacial score (nSPS) is 10.8. The zero-order chi connectivity index (χ0) is 18.2. The quantitative estimate of drug-likeness (QED) is 0.266. The Balaban J connectivity index is 1.95. The van der Waals surface area contributed by atoms with Gasteiger partial charge in [-0.1, -0.05) is 29.3 Å². The molecule has 0 heterocycles. The Hall–Kier alpha value is -1.86. The summed E-state index contributed by atoms with van der Waals surface area (Å²) in [5, 5.41) is 3.97. The first-order valence-corrected chi connectivity index (χ1v) is 9.40. The first-order chi connectivity index (χ1) is 12.0. The Morgan fingerprint density at radius 1 is 1.28 bits per heavy atom. The van der Waals surface area contributed by atoms with Crippen LogP contribution < -0.4 is 15.9 Å². The third kappa shape index (κ3) is 5.86. The molecule has 132 valence electrons. The van der Waals surface area contributed by atoms with E-state index in [0.717, 1.165) is 28.6 Å². The van der Waals surface area contributed by atoms with Crippen LogP contribution in [0.4, 0.5) is 5.69 Å². The highest BCUT2D eigenvalue weighted by molar-refractivity contribution is 9.11. The maximum absolute atomic E-state index is 12.2. The first-order valence-electron chi connectivity index (χ1n) is 7.82. The predicted octanol–water partition coefficient (Wildman–Crippen LogP) is 4.74. The number of amides is 1. The van der Waals surface area contributed by atoms with E-state index >= 15 is 0 Å². The number of nitrogens with zero attached hydrogens (tertiary/aromatic N) is 1. The molecule has 0 aliphatic rings. The Morgan fingerprint density at radius 3 is 2.68 bits per heavy atom. The summed E-state index contributed by atoms with van der Waals surface area (Å²) >= 11 is 6.65. The molecule has 2 aromatic rings. The minimum atomic E-state index is -0.379. The first kappa shape index (κ1) is 19.5. The van der Waals surface area contributed by atoms with Gasteiger partial charge in [-0.25, -0.2) is 5.43 Å². The maximum Gasteiger partial charge on any atom is 0.273 e.